The maximum atomic E-state index is 5.72. The van der Waals surface area contributed by atoms with Gasteiger partial charge in [0.05, 0.1) is 12.8 Å². The molecule has 0 radical (unpaired) electrons. The highest BCUT2D eigenvalue weighted by atomic mass is 16.3. The summed E-state index contributed by atoms with van der Waals surface area (Å²) in [7, 11) is 4.25. The van der Waals surface area contributed by atoms with Crippen LogP contribution in [0.4, 0.5) is 0 Å². The monoisotopic (exact) mass is 295 g/mol. The Balaban J connectivity index is 2.58. The molecule has 1 aromatic rings. The van der Waals surface area contributed by atoms with E-state index in [4.69, 9.17) is 4.42 Å². The highest BCUT2D eigenvalue weighted by Crippen LogP contribution is 2.14. The van der Waals surface area contributed by atoms with Crippen LogP contribution < -0.4 is 5.32 Å². The largest absolute Gasteiger partial charge is 0.468 e. The van der Waals surface area contributed by atoms with E-state index in [0.29, 0.717) is 5.92 Å². The predicted octanol–water partition coefficient (Wildman–Crippen LogP) is 2.80. The molecule has 4 nitrogen and oxygen atoms in total. The van der Waals surface area contributed by atoms with Crippen molar-refractivity contribution in [3.8, 4) is 0 Å². The molecule has 0 spiro atoms. The first-order chi connectivity index (χ1) is 10.0. The maximum absolute atomic E-state index is 5.72. The fraction of sp³-hybridized carbons (Fsp3) is 0.765. The molecule has 1 rings (SSSR count). The zero-order valence-corrected chi connectivity index (χ0v) is 14.5. The molecule has 0 atom stereocenters. The van der Waals surface area contributed by atoms with Crippen LogP contribution >= 0.6 is 0 Å². The molecule has 0 unspecified atom stereocenters. The van der Waals surface area contributed by atoms with Gasteiger partial charge in [0.15, 0.2) is 0 Å². The Morgan fingerprint density at radius 1 is 1.24 bits per heavy atom. The van der Waals surface area contributed by atoms with Crippen molar-refractivity contribution in [1.29, 1.82) is 0 Å². The first kappa shape index (κ1) is 18.2. The van der Waals surface area contributed by atoms with Gasteiger partial charge in [-0.05, 0) is 39.0 Å². The highest BCUT2D eigenvalue weighted by molar-refractivity contribution is 5.16. The van der Waals surface area contributed by atoms with Crippen molar-refractivity contribution in [2.24, 2.45) is 5.92 Å². The normalized spacial score (nSPS) is 12.0. The summed E-state index contributed by atoms with van der Waals surface area (Å²) in [5, 5.41) is 3.46. The lowest BCUT2D eigenvalue weighted by Gasteiger charge is -2.25. The Morgan fingerprint density at radius 2 is 2.00 bits per heavy atom. The summed E-state index contributed by atoms with van der Waals surface area (Å²) in [4.78, 5) is 4.73. The van der Waals surface area contributed by atoms with Crippen LogP contribution in [0.2, 0.25) is 0 Å². The van der Waals surface area contributed by atoms with E-state index < -0.39 is 0 Å². The second-order valence-electron chi connectivity index (χ2n) is 6.48. The van der Waals surface area contributed by atoms with Crippen molar-refractivity contribution in [2.45, 2.75) is 40.3 Å². The predicted molar refractivity (Wildman–Crippen MR) is 89.4 cm³/mol. The fourth-order valence-electron chi connectivity index (χ4n) is 2.36. The molecule has 0 aromatic carbocycles. The van der Waals surface area contributed by atoms with Crippen LogP contribution in [0, 0.1) is 5.92 Å². The third-order valence-electron chi connectivity index (χ3n) is 3.43. The molecule has 0 aliphatic carbocycles. The molecule has 0 amide bonds. The number of nitrogens with zero attached hydrogens (tertiary/aromatic N) is 2. The van der Waals surface area contributed by atoms with E-state index >= 15 is 0 Å². The second-order valence-corrected chi connectivity index (χ2v) is 6.48. The smallest absolute Gasteiger partial charge is 0.122 e. The third kappa shape index (κ3) is 7.65. The summed E-state index contributed by atoms with van der Waals surface area (Å²) in [6.07, 6.45) is 2.98. The van der Waals surface area contributed by atoms with Gasteiger partial charge in [-0.1, -0.05) is 20.8 Å². The van der Waals surface area contributed by atoms with Gasteiger partial charge < -0.3 is 14.6 Å². The summed E-state index contributed by atoms with van der Waals surface area (Å²) in [5.74, 6) is 1.78. The van der Waals surface area contributed by atoms with Gasteiger partial charge in [0, 0.05) is 31.7 Å². The molecule has 0 bridgehead atoms. The van der Waals surface area contributed by atoms with E-state index in [0.717, 1.165) is 51.4 Å². The van der Waals surface area contributed by atoms with Gasteiger partial charge >= 0.3 is 0 Å². The van der Waals surface area contributed by atoms with Crippen LogP contribution in [0.25, 0.3) is 0 Å². The van der Waals surface area contributed by atoms with Crippen LogP contribution in [0.15, 0.2) is 16.7 Å². The summed E-state index contributed by atoms with van der Waals surface area (Å²) in [5.41, 5.74) is 1.29. The first-order valence-electron chi connectivity index (χ1n) is 8.16. The molecule has 4 heteroatoms. The van der Waals surface area contributed by atoms with Gasteiger partial charge in [-0.25, -0.2) is 0 Å². The van der Waals surface area contributed by atoms with E-state index in [1.165, 1.54) is 5.56 Å². The Morgan fingerprint density at radius 3 is 2.62 bits per heavy atom. The SMILES string of the molecule is CCCNCc1ccoc1CN(CCN(C)C)CC(C)C. The van der Waals surface area contributed by atoms with Crippen LogP contribution in [0.3, 0.4) is 0 Å². The van der Waals surface area contributed by atoms with Crippen LogP contribution in [-0.4, -0.2) is 50.1 Å². The molecule has 1 N–H and O–H groups in total. The van der Waals surface area contributed by atoms with Gasteiger partial charge in [0.1, 0.15) is 5.76 Å². The van der Waals surface area contributed by atoms with Gasteiger partial charge in [0.25, 0.3) is 0 Å². The summed E-state index contributed by atoms with van der Waals surface area (Å²) in [6, 6.07) is 2.09. The van der Waals surface area contributed by atoms with Gasteiger partial charge in [-0.15, -0.1) is 0 Å². The van der Waals surface area contributed by atoms with Gasteiger partial charge in [-0.3, -0.25) is 4.90 Å². The number of nitrogens with one attached hydrogen (secondary N) is 1. The molecule has 122 valence electrons. The lowest BCUT2D eigenvalue weighted by Crippen LogP contribution is -2.34. The molecule has 1 heterocycles. The fourth-order valence-corrected chi connectivity index (χ4v) is 2.36. The number of furan rings is 1. The second kappa shape index (κ2) is 9.98. The van der Waals surface area contributed by atoms with Crippen LogP contribution in [0.5, 0.6) is 0 Å². The van der Waals surface area contributed by atoms with E-state index in [1.807, 2.05) is 6.26 Å². The average Bonchev–Trinajstić information content (AvgIpc) is 2.83. The maximum Gasteiger partial charge on any atom is 0.122 e. The minimum absolute atomic E-state index is 0.670. The van der Waals surface area contributed by atoms with Crippen molar-refractivity contribution in [1.82, 2.24) is 15.1 Å². The summed E-state index contributed by atoms with van der Waals surface area (Å²) < 4.78 is 5.72. The molecule has 0 saturated carbocycles. The lowest BCUT2D eigenvalue weighted by molar-refractivity contribution is 0.197. The Bertz CT molecular complexity index is 374. The van der Waals surface area contributed by atoms with Crippen molar-refractivity contribution in [3.05, 3.63) is 23.7 Å². The lowest BCUT2D eigenvalue weighted by atomic mass is 10.2. The Hall–Kier alpha value is -0.840. The Labute approximate surface area is 130 Å². The van der Waals surface area contributed by atoms with E-state index in [9.17, 15) is 0 Å². The quantitative estimate of drug-likeness (QED) is 0.636. The summed E-state index contributed by atoms with van der Waals surface area (Å²) >= 11 is 0. The molecule has 1 aromatic heterocycles. The molecular formula is C17H33N3O. The van der Waals surface area contributed by atoms with Crippen molar-refractivity contribution >= 4 is 0 Å². The van der Waals surface area contributed by atoms with Crippen molar-refractivity contribution in [2.75, 3.05) is 40.3 Å². The highest BCUT2D eigenvalue weighted by Gasteiger charge is 2.13. The topological polar surface area (TPSA) is 31.7 Å². The molecule has 21 heavy (non-hydrogen) atoms. The Kier molecular flexibility index (Phi) is 8.66. The number of rotatable bonds is 11. The standard InChI is InChI=1S/C17H33N3O/c1-6-8-18-12-16-7-11-21-17(16)14-20(13-15(2)3)10-9-19(4)5/h7,11,15,18H,6,8-10,12-14H2,1-5H3. The minimum Gasteiger partial charge on any atom is -0.468 e. The zero-order chi connectivity index (χ0) is 15.7. The van der Waals surface area contributed by atoms with Crippen LogP contribution in [0.1, 0.15) is 38.5 Å². The molecule has 0 saturated heterocycles. The molecule has 0 fully saturated rings. The van der Waals surface area contributed by atoms with E-state index in [-0.39, 0.29) is 0 Å². The van der Waals surface area contributed by atoms with Crippen LogP contribution in [-0.2, 0) is 13.1 Å². The van der Waals surface area contributed by atoms with E-state index in [1.54, 1.807) is 0 Å². The number of hydrogen-bond donors (Lipinski definition) is 1. The van der Waals surface area contributed by atoms with Gasteiger partial charge in [-0.2, -0.15) is 0 Å². The molecular weight excluding hydrogens is 262 g/mol. The van der Waals surface area contributed by atoms with Crippen molar-refractivity contribution in [3.63, 3.8) is 0 Å². The first-order valence-corrected chi connectivity index (χ1v) is 8.16. The third-order valence-corrected chi connectivity index (χ3v) is 3.43. The summed E-state index contributed by atoms with van der Waals surface area (Å²) in [6.45, 7) is 12.9. The molecule has 0 aliphatic heterocycles. The number of hydrogen-bond acceptors (Lipinski definition) is 4. The number of likely N-dealkylation sites (N-methyl/N-ethyl adjacent to an activating group) is 1. The average molecular weight is 295 g/mol. The molecule has 0 aliphatic rings. The zero-order valence-electron chi connectivity index (χ0n) is 14.5. The van der Waals surface area contributed by atoms with Gasteiger partial charge in [0.2, 0.25) is 0 Å². The van der Waals surface area contributed by atoms with Crippen molar-refractivity contribution < 1.29 is 4.42 Å². The minimum atomic E-state index is 0.670. The van der Waals surface area contributed by atoms with E-state index in [2.05, 4.69) is 56.0 Å².